The van der Waals surface area contributed by atoms with Crippen molar-refractivity contribution in [3.63, 3.8) is 0 Å². The first-order chi connectivity index (χ1) is 16.5. The quantitative estimate of drug-likeness (QED) is 0.385. The number of amides is 2. The summed E-state index contributed by atoms with van der Waals surface area (Å²) >= 11 is 1.49. The summed E-state index contributed by atoms with van der Waals surface area (Å²) in [4.78, 5) is 37.1. The van der Waals surface area contributed by atoms with Crippen molar-refractivity contribution in [2.75, 3.05) is 49.1 Å². The third-order valence-electron chi connectivity index (χ3n) is 6.23. The summed E-state index contributed by atoms with van der Waals surface area (Å²) in [6.07, 6.45) is 0.217. The van der Waals surface area contributed by atoms with E-state index in [4.69, 9.17) is 9.72 Å². The second-order valence-corrected chi connectivity index (χ2v) is 9.33. The molecule has 0 saturated carbocycles. The van der Waals surface area contributed by atoms with Crippen LogP contribution in [0.4, 0.5) is 10.8 Å². The molecule has 1 aliphatic rings. The molecule has 1 saturated heterocycles. The molecule has 1 unspecified atom stereocenters. The Bertz CT molecular complexity index is 1140. The highest BCUT2D eigenvalue weighted by Gasteiger charge is 2.38. The maximum Gasteiger partial charge on any atom is 0.234 e. The summed E-state index contributed by atoms with van der Waals surface area (Å²) in [5, 5.41) is 0.673. The molecule has 1 aromatic heterocycles. The van der Waals surface area contributed by atoms with Crippen molar-refractivity contribution in [2.24, 2.45) is 5.92 Å². The highest BCUT2D eigenvalue weighted by Crippen LogP contribution is 2.34. The molecule has 1 atom stereocenters. The van der Waals surface area contributed by atoms with Crippen molar-refractivity contribution in [2.45, 2.75) is 27.2 Å². The fourth-order valence-electron chi connectivity index (χ4n) is 4.30. The SMILES string of the molecule is CCOc1ccc2nc(N(CCN(CC)CC)C(=O)C3CC(=O)N(c4ccccc4)C3)sc2c1.Cl. The van der Waals surface area contributed by atoms with Gasteiger partial charge in [-0.25, -0.2) is 4.98 Å². The fraction of sp³-hybridized carbons (Fsp3) is 0.423. The second kappa shape index (κ2) is 12.3. The lowest BCUT2D eigenvalue weighted by Crippen LogP contribution is -2.42. The number of halogens is 1. The number of aromatic nitrogens is 1. The van der Waals surface area contributed by atoms with Crippen molar-refractivity contribution >= 4 is 56.6 Å². The lowest BCUT2D eigenvalue weighted by Gasteiger charge is -2.26. The number of benzene rings is 2. The molecule has 7 nitrogen and oxygen atoms in total. The van der Waals surface area contributed by atoms with Crippen LogP contribution in [-0.2, 0) is 9.59 Å². The molecule has 9 heteroatoms. The molecule has 1 fully saturated rings. The lowest BCUT2D eigenvalue weighted by atomic mass is 10.1. The predicted octanol–water partition coefficient (Wildman–Crippen LogP) is 4.84. The molecule has 35 heavy (non-hydrogen) atoms. The Labute approximate surface area is 217 Å². The van der Waals surface area contributed by atoms with Crippen LogP contribution < -0.4 is 14.5 Å². The van der Waals surface area contributed by atoms with Gasteiger partial charge in [-0.2, -0.15) is 0 Å². The minimum Gasteiger partial charge on any atom is -0.494 e. The van der Waals surface area contributed by atoms with Gasteiger partial charge in [0.15, 0.2) is 5.13 Å². The van der Waals surface area contributed by atoms with Gasteiger partial charge >= 0.3 is 0 Å². The molecular formula is C26H33ClN4O3S. The minimum atomic E-state index is -0.393. The van der Waals surface area contributed by atoms with Crippen molar-refractivity contribution in [1.29, 1.82) is 0 Å². The number of para-hydroxylation sites is 1. The van der Waals surface area contributed by atoms with Crippen LogP contribution in [0.2, 0.25) is 0 Å². The number of thiazole rings is 1. The number of nitrogens with zero attached hydrogens (tertiary/aromatic N) is 4. The second-order valence-electron chi connectivity index (χ2n) is 8.32. The largest absolute Gasteiger partial charge is 0.494 e. The van der Waals surface area contributed by atoms with Crippen LogP contribution in [0.5, 0.6) is 5.75 Å². The highest BCUT2D eigenvalue weighted by molar-refractivity contribution is 7.22. The number of ether oxygens (including phenoxy) is 1. The first-order valence-corrected chi connectivity index (χ1v) is 12.8. The summed E-state index contributed by atoms with van der Waals surface area (Å²) in [6, 6.07) is 15.4. The molecule has 0 bridgehead atoms. The topological polar surface area (TPSA) is 66.0 Å². The molecular weight excluding hydrogens is 484 g/mol. The molecule has 4 rings (SSSR count). The van der Waals surface area contributed by atoms with Crippen molar-refractivity contribution in [1.82, 2.24) is 9.88 Å². The van der Waals surface area contributed by atoms with Gasteiger partial charge in [-0.1, -0.05) is 43.4 Å². The first-order valence-electron chi connectivity index (χ1n) is 12.0. The van der Waals surface area contributed by atoms with Gasteiger partial charge in [0.2, 0.25) is 11.8 Å². The Morgan fingerprint density at radius 3 is 2.54 bits per heavy atom. The first kappa shape index (κ1) is 26.9. The third kappa shape index (κ3) is 6.12. The number of hydrogen-bond donors (Lipinski definition) is 0. The van der Waals surface area contributed by atoms with Crippen LogP contribution in [0.25, 0.3) is 10.2 Å². The Morgan fingerprint density at radius 2 is 1.86 bits per heavy atom. The van der Waals surface area contributed by atoms with Gasteiger partial charge in [0, 0.05) is 31.7 Å². The third-order valence-corrected chi connectivity index (χ3v) is 7.27. The average molecular weight is 517 g/mol. The number of likely N-dealkylation sites (N-methyl/N-ethyl adjacent to an activating group) is 1. The normalized spacial score (nSPS) is 15.5. The highest BCUT2D eigenvalue weighted by atomic mass is 35.5. The Balaban J connectivity index is 0.00000342. The molecule has 0 spiro atoms. The van der Waals surface area contributed by atoms with Crippen LogP contribution >= 0.6 is 23.7 Å². The van der Waals surface area contributed by atoms with Crippen molar-refractivity contribution in [3.8, 4) is 5.75 Å². The zero-order valence-electron chi connectivity index (χ0n) is 20.5. The van der Waals surface area contributed by atoms with E-state index in [2.05, 4.69) is 18.7 Å². The molecule has 188 valence electrons. The molecule has 2 heterocycles. The summed E-state index contributed by atoms with van der Waals surface area (Å²) in [7, 11) is 0. The van der Waals surface area contributed by atoms with Crippen molar-refractivity contribution < 1.29 is 14.3 Å². The lowest BCUT2D eigenvalue weighted by molar-refractivity contribution is -0.124. The van der Waals surface area contributed by atoms with Crippen LogP contribution in [0.15, 0.2) is 48.5 Å². The minimum absolute atomic E-state index is 0. The molecule has 3 aromatic rings. The van der Waals surface area contributed by atoms with E-state index in [0.29, 0.717) is 24.8 Å². The number of carbonyl (C=O) groups is 2. The average Bonchev–Trinajstić information content (AvgIpc) is 3.45. The summed E-state index contributed by atoms with van der Waals surface area (Å²) in [6.45, 7) is 10.3. The Hall–Kier alpha value is -2.68. The summed E-state index contributed by atoms with van der Waals surface area (Å²) < 4.78 is 6.62. The Kier molecular flexibility index (Phi) is 9.48. The standard InChI is InChI=1S/C26H32N4O3S.ClH/c1-4-28(5-2)14-15-29(26-27-22-13-12-21(33-6-3)17-23(22)34-26)25(32)19-16-24(31)30(18-19)20-10-8-7-9-11-20;/h7-13,17,19H,4-6,14-16,18H2,1-3H3;1H. The van der Waals surface area contributed by atoms with E-state index in [0.717, 1.165) is 41.3 Å². The maximum absolute atomic E-state index is 13.8. The van der Waals surface area contributed by atoms with E-state index < -0.39 is 5.92 Å². The van der Waals surface area contributed by atoms with Crippen LogP contribution in [0.3, 0.4) is 0 Å². The van der Waals surface area contributed by atoms with E-state index in [1.54, 1.807) is 9.80 Å². The molecule has 0 radical (unpaired) electrons. The fourth-order valence-corrected chi connectivity index (χ4v) is 5.32. The smallest absolute Gasteiger partial charge is 0.234 e. The van der Waals surface area contributed by atoms with Crippen molar-refractivity contribution in [3.05, 3.63) is 48.5 Å². The van der Waals surface area contributed by atoms with E-state index >= 15 is 0 Å². The predicted molar refractivity (Wildman–Crippen MR) is 145 cm³/mol. The molecule has 0 aliphatic carbocycles. The maximum atomic E-state index is 13.8. The molecule has 1 aliphatic heterocycles. The van der Waals surface area contributed by atoms with Gasteiger partial charge in [-0.05, 0) is 50.3 Å². The number of carbonyl (C=O) groups excluding carboxylic acids is 2. The number of rotatable bonds is 10. The van der Waals surface area contributed by atoms with Crippen LogP contribution in [-0.4, -0.2) is 61.0 Å². The van der Waals surface area contributed by atoms with Crippen LogP contribution in [0, 0.1) is 5.92 Å². The summed E-state index contributed by atoms with van der Waals surface area (Å²) in [5.74, 6) is 0.350. The van der Waals surface area contributed by atoms with E-state index in [-0.39, 0.29) is 30.6 Å². The van der Waals surface area contributed by atoms with Gasteiger partial charge in [0.25, 0.3) is 0 Å². The zero-order chi connectivity index (χ0) is 24.1. The molecule has 2 aromatic carbocycles. The van der Waals surface area contributed by atoms with E-state index in [1.807, 2.05) is 55.5 Å². The van der Waals surface area contributed by atoms with Gasteiger partial charge in [-0.3, -0.25) is 14.5 Å². The van der Waals surface area contributed by atoms with Gasteiger partial charge in [-0.15, -0.1) is 12.4 Å². The molecule has 0 N–H and O–H groups in total. The van der Waals surface area contributed by atoms with Crippen LogP contribution in [0.1, 0.15) is 27.2 Å². The molecule has 2 amide bonds. The zero-order valence-corrected chi connectivity index (χ0v) is 22.1. The van der Waals surface area contributed by atoms with Gasteiger partial charge in [0.1, 0.15) is 5.75 Å². The van der Waals surface area contributed by atoms with Gasteiger partial charge in [0.05, 0.1) is 22.7 Å². The van der Waals surface area contributed by atoms with E-state index in [1.165, 1.54) is 11.3 Å². The Morgan fingerprint density at radius 1 is 1.11 bits per heavy atom. The number of fused-ring (bicyclic) bond motifs is 1. The number of hydrogen-bond acceptors (Lipinski definition) is 6. The van der Waals surface area contributed by atoms with E-state index in [9.17, 15) is 9.59 Å². The van der Waals surface area contributed by atoms with Gasteiger partial charge < -0.3 is 14.5 Å². The summed E-state index contributed by atoms with van der Waals surface area (Å²) in [5.41, 5.74) is 1.68. The monoisotopic (exact) mass is 516 g/mol. The number of anilines is 2.